The first-order valence-corrected chi connectivity index (χ1v) is 13.6. The SMILES string of the molecule is CCCCC(O)CCCCCCCCCCCOP1(=O)OCC2COC(=O)C2=C(C)O1. The Morgan fingerprint density at radius 1 is 1.00 bits per heavy atom. The van der Waals surface area contributed by atoms with Gasteiger partial charge in [0.15, 0.2) is 0 Å². The predicted molar refractivity (Wildman–Crippen MR) is 119 cm³/mol. The lowest BCUT2D eigenvalue weighted by atomic mass is 10.0. The quantitative estimate of drug-likeness (QED) is 0.170. The van der Waals surface area contributed by atoms with Crippen LogP contribution in [0.25, 0.3) is 0 Å². The number of phosphoric acid groups is 1. The van der Waals surface area contributed by atoms with Gasteiger partial charge in [-0.2, -0.15) is 0 Å². The molecule has 180 valence electrons. The van der Waals surface area contributed by atoms with Gasteiger partial charge in [-0.25, -0.2) is 9.36 Å². The first-order valence-electron chi connectivity index (χ1n) is 12.1. The van der Waals surface area contributed by atoms with Crippen molar-refractivity contribution in [3.05, 3.63) is 11.3 Å². The van der Waals surface area contributed by atoms with E-state index in [4.69, 9.17) is 18.3 Å². The van der Waals surface area contributed by atoms with Crippen LogP contribution < -0.4 is 0 Å². The fourth-order valence-corrected chi connectivity index (χ4v) is 5.36. The van der Waals surface area contributed by atoms with Crippen molar-refractivity contribution in [1.29, 1.82) is 0 Å². The molecular weight excluding hydrogens is 419 g/mol. The van der Waals surface area contributed by atoms with E-state index >= 15 is 0 Å². The number of aliphatic hydroxyl groups is 1. The Morgan fingerprint density at radius 3 is 2.29 bits per heavy atom. The maximum Gasteiger partial charge on any atom is 0.529 e. The molecule has 0 aromatic carbocycles. The monoisotopic (exact) mass is 460 g/mol. The molecule has 0 amide bonds. The summed E-state index contributed by atoms with van der Waals surface area (Å²) in [5, 5.41) is 9.83. The zero-order chi connectivity index (χ0) is 22.5. The van der Waals surface area contributed by atoms with Crippen LogP contribution in [0.4, 0.5) is 0 Å². The summed E-state index contributed by atoms with van der Waals surface area (Å²) < 4.78 is 33.9. The van der Waals surface area contributed by atoms with Gasteiger partial charge in [0.2, 0.25) is 0 Å². The van der Waals surface area contributed by atoms with E-state index in [9.17, 15) is 14.5 Å². The highest BCUT2D eigenvalue weighted by atomic mass is 31.2. The van der Waals surface area contributed by atoms with Crippen LogP contribution in [0.15, 0.2) is 11.3 Å². The molecule has 0 spiro atoms. The number of cyclic esters (lactones) is 1. The maximum atomic E-state index is 12.7. The molecule has 1 fully saturated rings. The van der Waals surface area contributed by atoms with E-state index in [2.05, 4.69) is 6.92 Å². The molecule has 31 heavy (non-hydrogen) atoms. The lowest BCUT2D eigenvalue weighted by molar-refractivity contribution is -0.135. The van der Waals surface area contributed by atoms with Gasteiger partial charge in [0.25, 0.3) is 0 Å². The van der Waals surface area contributed by atoms with Gasteiger partial charge in [-0.05, 0) is 26.2 Å². The normalized spacial score (nSPS) is 24.5. The second-order valence-corrected chi connectivity index (χ2v) is 10.3. The Morgan fingerprint density at radius 2 is 1.61 bits per heavy atom. The number of carbonyl (C=O) groups excluding carboxylic acids is 1. The molecular formula is C23H41O7P. The van der Waals surface area contributed by atoms with Gasteiger partial charge in [-0.15, -0.1) is 0 Å². The van der Waals surface area contributed by atoms with Crippen LogP contribution >= 0.6 is 7.82 Å². The molecule has 2 aliphatic rings. The van der Waals surface area contributed by atoms with Gasteiger partial charge >= 0.3 is 13.8 Å². The van der Waals surface area contributed by atoms with Crippen LogP contribution in [0, 0.1) is 5.92 Å². The predicted octanol–water partition coefficient (Wildman–Crippen LogP) is 6.06. The Kier molecular flexibility index (Phi) is 12.2. The minimum atomic E-state index is -3.67. The van der Waals surface area contributed by atoms with Crippen LogP contribution in [0.5, 0.6) is 0 Å². The van der Waals surface area contributed by atoms with E-state index in [1.54, 1.807) is 6.92 Å². The number of esters is 1. The number of phosphoric ester groups is 1. The number of aliphatic hydroxyl groups excluding tert-OH is 1. The van der Waals surface area contributed by atoms with Gasteiger partial charge < -0.3 is 14.4 Å². The van der Waals surface area contributed by atoms with E-state index in [-0.39, 0.29) is 31.0 Å². The fourth-order valence-electron chi connectivity index (χ4n) is 4.03. The second-order valence-electron chi connectivity index (χ2n) is 8.70. The van der Waals surface area contributed by atoms with Gasteiger partial charge in [-0.1, -0.05) is 71.1 Å². The van der Waals surface area contributed by atoms with Crippen molar-refractivity contribution in [3.63, 3.8) is 0 Å². The number of fused-ring (bicyclic) bond motifs is 1. The third kappa shape index (κ3) is 9.65. The third-order valence-corrected chi connectivity index (χ3v) is 7.39. The number of unbranched alkanes of at least 4 members (excludes halogenated alkanes) is 9. The van der Waals surface area contributed by atoms with Crippen molar-refractivity contribution >= 4 is 13.8 Å². The zero-order valence-corrected chi connectivity index (χ0v) is 20.2. The Bertz CT molecular complexity index is 619. The summed E-state index contributed by atoms with van der Waals surface area (Å²) in [6.07, 6.45) is 14.2. The summed E-state index contributed by atoms with van der Waals surface area (Å²) in [5.74, 6) is -0.383. The third-order valence-electron chi connectivity index (χ3n) is 5.93. The van der Waals surface area contributed by atoms with E-state index in [1.807, 2.05) is 0 Å². The van der Waals surface area contributed by atoms with Crippen LogP contribution in [0.1, 0.15) is 97.3 Å². The van der Waals surface area contributed by atoms with E-state index < -0.39 is 13.8 Å². The van der Waals surface area contributed by atoms with Crippen molar-refractivity contribution in [3.8, 4) is 0 Å². The average Bonchev–Trinajstić information content (AvgIpc) is 3.06. The first kappa shape index (κ1) is 26.4. The molecule has 7 nitrogen and oxygen atoms in total. The van der Waals surface area contributed by atoms with Crippen molar-refractivity contribution < 1.29 is 32.8 Å². The summed E-state index contributed by atoms with van der Waals surface area (Å²) in [6, 6.07) is 0. The van der Waals surface area contributed by atoms with Crippen molar-refractivity contribution in [1.82, 2.24) is 0 Å². The van der Waals surface area contributed by atoms with Crippen molar-refractivity contribution in [2.45, 2.75) is 103 Å². The molecule has 1 saturated heterocycles. The summed E-state index contributed by atoms with van der Waals surface area (Å²) in [6.45, 7) is 4.41. The van der Waals surface area contributed by atoms with Crippen LogP contribution in [-0.4, -0.2) is 37.0 Å². The first-order chi connectivity index (χ1) is 14.9. The number of rotatable bonds is 16. The minimum Gasteiger partial charge on any atom is -0.461 e. The van der Waals surface area contributed by atoms with E-state index in [0.29, 0.717) is 12.2 Å². The van der Waals surface area contributed by atoms with Crippen LogP contribution in [-0.2, 0) is 27.7 Å². The summed E-state index contributed by atoms with van der Waals surface area (Å²) in [7, 11) is -3.67. The largest absolute Gasteiger partial charge is 0.529 e. The smallest absolute Gasteiger partial charge is 0.461 e. The fraction of sp³-hybridized carbons (Fsp3) is 0.870. The molecule has 0 aliphatic carbocycles. The molecule has 0 aromatic heterocycles. The lowest BCUT2D eigenvalue weighted by Gasteiger charge is -2.17. The number of hydrogen-bond donors (Lipinski definition) is 1. The van der Waals surface area contributed by atoms with E-state index in [0.717, 1.165) is 51.4 Å². The van der Waals surface area contributed by atoms with Crippen molar-refractivity contribution in [2.24, 2.45) is 5.92 Å². The summed E-state index contributed by atoms with van der Waals surface area (Å²) in [5.41, 5.74) is 0.411. The lowest BCUT2D eigenvalue weighted by Crippen LogP contribution is -2.10. The topological polar surface area (TPSA) is 91.3 Å². The van der Waals surface area contributed by atoms with E-state index in [1.165, 1.54) is 32.1 Å². The molecule has 0 aromatic rings. The zero-order valence-electron chi connectivity index (χ0n) is 19.3. The molecule has 0 radical (unpaired) electrons. The number of hydrogen-bond acceptors (Lipinski definition) is 7. The Hall–Kier alpha value is -0.880. The molecule has 0 saturated carbocycles. The highest BCUT2D eigenvalue weighted by Crippen LogP contribution is 2.54. The molecule has 2 rings (SSSR count). The molecule has 0 bridgehead atoms. The van der Waals surface area contributed by atoms with Crippen molar-refractivity contribution in [2.75, 3.05) is 19.8 Å². The van der Waals surface area contributed by atoms with Gasteiger partial charge in [0.1, 0.15) is 12.4 Å². The van der Waals surface area contributed by atoms with Gasteiger partial charge in [-0.3, -0.25) is 9.05 Å². The highest BCUT2D eigenvalue weighted by Gasteiger charge is 2.42. The van der Waals surface area contributed by atoms with Gasteiger partial charge in [0.05, 0.1) is 30.8 Å². The second kappa shape index (κ2) is 14.3. The summed E-state index contributed by atoms with van der Waals surface area (Å²) in [4.78, 5) is 11.7. The minimum absolute atomic E-state index is 0.105. The molecule has 8 heteroatoms. The highest BCUT2D eigenvalue weighted by molar-refractivity contribution is 7.48. The number of carbonyl (C=O) groups is 1. The molecule has 2 heterocycles. The number of allylic oxidation sites excluding steroid dienone is 1. The standard InChI is InChI=1S/C23H41O7P/c1-3-4-14-21(24)15-12-10-8-6-5-7-9-11-13-16-28-31(26)29-18-20-17-27-23(25)22(20)19(2)30-31/h20-21,24H,3-18H2,1-2H3. The molecule has 3 unspecified atom stereocenters. The molecule has 3 atom stereocenters. The maximum absolute atomic E-state index is 12.7. The van der Waals surface area contributed by atoms with Crippen LogP contribution in [0.3, 0.4) is 0 Å². The van der Waals surface area contributed by atoms with Gasteiger partial charge in [0, 0.05) is 0 Å². The molecule has 1 N–H and O–H groups in total. The Balaban J connectivity index is 1.45. The average molecular weight is 461 g/mol. The number of ether oxygens (including phenoxy) is 1. The summed E-state index contributed by atoms with van der Waals surface area (Å²) >= 11 is 0. The van der Waals surface area contributed by atoms with Crippen LogP contribution in [0.2, 0.25) is 0 Å². The Labute approximate surface area is 187 Å². The molecule has 2 aliphatic heterocycles.